The molecule has 1 aliphatic heterocycles. The van der Waals surface area contributed by atoms with Crippen LogP contribution in [0.3, 0.4) is 0 Å². The molecule has 10 aromatic rings. The van der Waals surface area contributed by atoms with Crippen molar-refractivity contribution in [2.75, 3.05) is 4.90 Å². The maximum absolute atomic E-state index is 5.62. The molecule has 4 nitrogen and oxygen atoms in total. The molecule has 0 amide bonds. The lowest BCUT2D eigenvalue weighted by molar-refractivity contribution is 0.542. The molecule has 2 unspecified atom stereocenters. The normalized spacial score (nSPS) is 16.3. The zero-order valence-corrected chi connectivity index (χ0v) is 35.3. The van der Waals surface area contributed by atoms with Crippen LogP contribution < -0.4 is 4.90 Å². The third kappa shape index (κ3) is 6.26. The Kier molecular flexibility index (Phi) is 8.98. The van der Waals surface area contributed by atoms with E-state index >= 15 is 0 Å². The zero-order valence-electron chi connectivity index (χ0n) is 35.3. The fraction of sp³-hybridized carbons (Fsp3) is 0.0500. The summed E-state index contributed by atoms with van der Waals surface area (Å²) in [4.78, 5) is 18.6. The first-order chi connectivity index (χ1) is 31.6. The van der Waals surface area contributed by atoms with Crippen molar-refractivity contribution in [2.45, 2.75) is 18.4 Å². The van der Waals surface area contributed by atoms with Crippen LogP contribution in [0, 0.1) is 0 Å². The van der Waals surface area contributed by atoms with Gasteiger partial charge in [-0.05, 0) is 64.2 Å². The number of nitrogens with zero attached hydrogens (tertiary/aromatic N) is 4. The molecule has 0 bridgehead atoms. The summed E-state index contributed by atoms with van der Waals surface area (Å²) in [7, 11) is 0. The first-order valence-corrected chi connectivity index (χ1v) is 22.0. The summed E-state index contributed by atoms with van der Waals surface area (Å²) in [6.07, 6.45) is 9.13. The summed E-state index contributed by atoms with van der Waals surface area (Å²) in [6, 6.07) is 73.1. The highest BCUT2D eigenvalue weighted by Crippen LogP contribution is 2.59. The maximum Gasteiger partial charge on any atom is 0.160 e. The molecular weight excluding hydrogens is 777 g/mol. The molecule has 1 aliphatic carbocycles. The number of fused-ring (bicyclic) bond motifs is 6. The van der Waals surface area contributed by atoms with Gasteiger partial charge in [0.25, 0.3) is 0 Å². The molecule has 2 aliphatic rings. The molecule has 0 spiro atoms. The molecule has 8 aromatic carbocycles. The predicted octanol–water partition coefficient (Wildman–Crippen LogP) is 15.3. The first kappa shape index (κ1) is 37.5. The van der Waals surface area contributed by atoms with E-state index in [0.717, 1.165) is 67.1 Å². The number of anilines is 2. The van der Waals surface area contributed by atoms with Crippen molar-refractivity contribution < 1.29 is 0 Å². The second kappa shape index (κ2) is 15.3. The molecule has 12 rings (SSSR count). The van der Waals surface area contributed by atoms with E-state index in [1.807, 2.05) is 12.1 Å². The number of para-hydroxylation sites is 2. The van der Waals surface area contributed by atoms with Crippen LogP contribution in [0.1, 0.15) is 18.4 Å². The van der Waals surface area contributed by atoms with Crippen LogP contribution in [-0.4, -0.2) is 20.5 Å². The molecule has 0 radical (unpaired) electrons. The maximum atomic E-state index is 5.62. The third-order valence-electron chi connectivity index (χ3n) is 13.1. The lowest BCUT2D eigenvalue weighted by Gasteiger charge is -2.39. The second-order valence-corrected chi connectivity index (χ2v) is 16.9. The standard InChI is InChI=1S/C60H42N4/c1-60-38-16-15-26-51(60)56-57(61-52-27-14-13-25-49(52)58(56)64(60)47-22-9-4-10-23-47)50-37-36-42-19-11-12-24-48(42)55(50)45-32-34-46(35-33-45)59-62-53(43-20-7-3-8-21-43)39-54(63-59)44-30-28-41(29-31-44)40-17-5-2-6-18-40/h2-39,51H,1H3. The van der Waals surface area contributed by atoms with E-state index in [1.165, 1.54) is 33.2 Å². The van der Waals surface area contributed by atoms with Gasteiger partial charge in [-0.3, -0.25) is 0 Å². The van der Waals surface area contributed by atoms with Crippen LogP contribution in [0.15, 0.2) is 231 Å². The quantitative estimate of drug-likeness (QED) is 0.161. The number of pyridine rings is 1. The SMILES string of the molecule is CC12C=CC=CC1c1c(-c3ccc4ccccc4c3-c3ccc(-c4nc(-c5ccccc5)cc(-c5ccc(-c6ccccc6)cc5)n4)cc3)nc3ccccc3c1N2c1ccccc1. The number of hydrogen-bond acceptors (Lipinski definition) is 4. The van der Waals surface area contributed by atoms with Gasteiger partial charge in [-0.2, -0.15) is 0 Å². The van der Waals surface area contributed by atoms with Crippen LogP contribution in [-0.2, 0) is 0 Å². The fourth-order valence-corrected chi connectivity index (χ4v) is 10.0. The van der Waals surface area contributed by atoms with E-state index < -0.39 is 0 Å². The lowest BCUT2D eigenvalue weighted by Crippen LogP contribution is -2.42. The van der Waals surface area contributed by atoms with E-state index in [0.29, 0.717) is 5.82 Å². The van der Waals surface area contributed by atoms with Crippen LogP contribution in [0.5, 0.6) is 0 Å². The largest absolute Gasteiger partial charge is 0.330 e. The predicted molar refractivity (Wildman–Crippen MR) is 265 cm³/mol. The van der Waals surface area contributed by atoms with Crippen LogP contribution in [0.25, 0.3) is 89.1 Å². The monoisotopic (exact) mass is 818 g/mol. The second-order valence-electron chi connectivity index (χ2n) is 16.9. The molecule has 3 heterocycles. The number of hydrogen-bond donors (Lipinski definition) is 0. The molecule has 4 heteroatoms. The Morgan fingerprint density at radius 2 is 1.03 bits per heavy atom. The van der Waals surface area contributed by atoms with Crippen molar-refractivity contribution in [3.05, 3.63) is 236 Å². The summed E-state index contributed by atoms with van der Waals surface area (Å²) in [5.74, 6) is 0.749. The topological polar surface area (TPSA) is 41.9 Å². The molecule has 64 heavy (non-hydrogen) atoms. The summed E-state index contributed by atoms with van der Waals surface area (Å²) < 4.78 is 0. The van der Waals surface area contributed by atoms with E-state index in [9.17, 15) is 0 Å². The van der Waals surface area contributed by atoms with E-state index in [2.05, 4.69) is 230 Å². The van der Waals surface area contributed by atoms with Gasteiger partial charge in [0.15, 0.2) is 5.82 Å². The van der Waals surface area contributed by atoms with Crippen molar-refractivity contribution in [2.24, 2.45) is 0 Å². The van der Waals surface area contributed by atoms with Crippen LogP contribution >= 0.6 is 0 Å². The van der Waals surface area contributed by atoms with Gasteiger partial charge in [0, 0.05) is 44.8 Å². The highest BCUT2D eigenvalue weighted by molar-refractivity contribution is 6.08. The molecular formula is C60H42N4. The zero-order chi connectivity index (χ0) is 42.6. The molecule has 0 saturated carbocycles. The summed E-state index contributed by atoms with van der Waals surface area (Å²) in [6.45, 7) is 2.36. The first-order valence-electron chi connectivity index (χ1n) is 22.0. The van der Waals surface area contributed by atoms with Crippen LogP contribution in [0.2, 0.25) is 0 Å². The van der Waals surface area contributed by atoms with Crippen molar-refractivity contribution >= 4 is 33.1 Å². The van der Waals surface area contributed by atoms with E-state index in [1.54, 1.807) is 0 Å². The van der Waals surface area contributed by atoms with Gasteiger partial charge < -0.3 is 4.90 Å². The Hall–Kier alpha value is -8.21. The average Bonchev–Trinajstić information content (AvgIpc) is 3.66. The van der Waals surface area contributed by atoms with Crippen molar-refractivity contribution in [1.82, 2.24) is 15.0 Å². The van der Waals surface area contributed by atoms with Crippen molar-refractivity contribution in [1.29, 1.82) is 0 Å². The molecule has 0 N–H and O–H groups in total. The van der Waals surface area contributed by atoms with Gasteiger partial charge in [0.1, 0.15) is 0 Å². The molecule has 2 aromatic heterocycles. The average molecular weight is 819 g/mol. The molecule has 2 atom stereocenters. The number of aromatic nitrogens is 3. The Morgan fingerprint density at radius 3 is 1.77 bits per heavy atom. The molecule has 0 fully saturated rings. The minimum absolute atomic E-state index is 0.0688. The van der Waals surface area contributed by atoms with Crippen LogP contribution in [0.4, 0.5) is 11.4 Å². The molecule has 0 saturated heterocycles. The van der Waals surface area contributed by atoms with Crippen molar-refractivity contribution in [3.8, 4) is 67.4 Å². The third-order valence-corrected chi connectivity index (χ3v) is 13.1. The summed E-state index contributed by atoms with van der Waals surface area (Å²) in [5.41, 5.74) is 15.8. The highest BCUT2D eigenvalue weighted by atomic mass is 15.2. The van der Waals surface area contributed by atoms with Gasteiger partial charge in [0.2, 0.25) is 0 Å². The summed E-state index contributed by atoms with van der Waals surface area (Å²) >= 11 is 0. The van der Waals surface area contributed by atoms with E-state index in [4.69, 9.17) is 15.0 Å². The minimum atomic E-state index is -0.339. The highest BCUT2D eigenvalue weighted by Gasteiger charge is 2.49. The smallest absolute Gasteiger partial charge is 0.160 e. The molecule has 302 valence electrons. The lowest BCUT2D eigenvalue weighted by atomic mass is 9.78. The summed E-state index contributed by atoms with van der Waals surface area (Å²) in [5, 5.41) is 3.51. The van der Waals surface area contributed by atoms with Gasteiger partial charge in [-0.25, -0.2) is 15.0 Å². The Balaban J connectivity index is 1.02. The number of benzene rings is 8. The van der Waals surface area contributed by atoms with Gasteiger partial charge in [-0.15, -0.1) is 0 Å². The van der Waals surface area contributed by atoms with E-state index in [-0.39, 0.29) is 11.5 Å². The van der Waals surface area contributed by atoms with Gasteiger partial charge in [0.05, 0.1) is 33.8 Å². The minimum Gasteiger partial charge on any atom is -0.330 e. The Bertz CT molecular complexity index is 3430. The number of allylic oxidation sites excluding steroid dienone is 2. The van der Waals surface area contributed by atoms with Crippen molar-refractivity contribution in [3.63, 3.8) is 0 Å². The fourth-order valence-electron chi connectivity index (χ4n) is 10.0. The Labute approximate surface area is 373 Å². The van der Waals surface area contributed by atoms with Gasteiger partial charge in [-0.1, -0.05) is 206 Å². The number of rotatable bonds is 7. The van der Waals surface area contributed by atoms with Gasteiger partial charge >= 0.3 is 0 Å². The Morgan fingerprint density at radius 1 is 0.469 bits per heavy atom.